The summed E-state index contributed by atoms with van der Waals surface area (Å²) in [4.78, 5) is 19.9. The van der Waals surface area contributed by atoms with Crippen molar-refractivity contribution in [2.75, 3.05) is 0 Å². The monoisotopic (exact) mass is 698 g/mol. The summed E-state index contributed by atoms with van der Waals surface area (Å²) in [5.74, 6) is 2.38. The summed E-state index contributed by atoms with van der Waals surface area (Å²) in [6.45, 7) is 0. The number of rotatable bonds is 5. The van der Waals surface area contributed by atoms with Gasteiger partial charge in [0.25, 0.3) is 0 Å². The fraction of sp³-hybridized carbons (Fsp3) is 0. The minimum atomic E-state index is 0.560. The summed E-state index contributed by atoms with van der Waals surface area (Å²) in [7, 11) is 0. The third-order valence-corrected chi connectivity index (χ3v) is 11.0. The molecular formula is C46H26N4O2S. The summed E-state index contributed by atoms with van der Waals surface area (Å²) in [6.07, 6.45) is 0. The van der Waals surface area contributed by atoms with Crippen molar-refractivity contribution in [3.8, 4) is 56.7 Å². The fourth-order valence-corrected chi connectivity index (χ4v) is 8.46. The normalized spacial score (nSPS) is 11.8. The highest BCUT2D eigenvalue weighted by molar-refractivity contribution is 7.26. The summed E-state index contributed by atoms with van der Waals surface area (Å²) in [6, 6.07) is 53.6. The molecule has 4 heterocycles. The van der Waals surface area contributed by atoms with Crippen LogP contribution in [-0.2, 0) is 0 Å². The maximum absolute atomic E-state index is 6.41. The molecule has 0 aliphatic rings. The molecule has 248 valence electrons. The zero-order chi connectivity index (χ0) is 34.9. The number of fused-ring (bicyclic) bond motifs is 7. The van der Waals surface area contributed by atoms with Crippen LogP contribution in [0.1, 0.15) is 0 Å². The Bertz CT molecular complexity index is 3160. The highest BCUT2D eigenvalue weighted by Crippen LogP contribution is 2.42. The molecule has 11 aromatic rings. The van der Waals surface area contributed by atoms with Gasteiger partial charge >= 0.3 is 0 Å². The zero-order valence-electron chi connectivity index (χ0n) is 28.0. The third kappa shape index (κ3) is 4.93. The van der Waals surface area contributed by atoms with Crippen LogP contribution in [0, 0.1) is 0 Å². The quantitative estimate of drug-likeness (QED) is 0.178. The number of oxazole rings is 1. The van der Waals surface area contributed by atoms with E-state index < -0.39 is 0 Å². The van der Waals surface area contributed by atoms with E-state index in [-0.39, 0.29) is 0 Å². The average Bonchev–Trinajstić information content (AvgIpc) is 3.94. The molecule has 0 N–H and O–H groups in total. The van der Waals surface area contributed by atoms with Crippen LogP contribution >= 0.6 is 11.3 Å². The van der Waals surface area contributed by atoms with E-state index in [0.717, 1.165) is 66.4 Å². The first-order valence-electron chi connectivity index (χ1n) is 17.4. The molecule has 7 aromatic carbocycles. The molecule has 6 nitrogen and oxygen atoms in total. The van der Waals surface area contributed by atoms with Gasteiger partial charge in [-0.25, -0.2) is 19.9 Å². The van der Waals surface area contributed by atoms with Gasteiger partial charge in [-0.1, -0.05) is 109 Å². The van der Waals surface area contributed by atoms with Crippen LogP contribution in [0.2, 0.25) is 0 Å². The van der Waals surface area contributed by atoms with Gasteiger partial charge in [0.15, 0.2) is 23.1 Å². The summed E-state index contributed by atoms with van der Waals surface area (Å²) >= 11 is 1.79. The average molecular weight is 699 g/mol. The van der Waals surface area contributed by atoms with E-state index >= 15 is 0 Å². The molecule has 4 aromatic heterocycles. The van der Waals surface area contributed by atoms with Gasteiger partial charge in [0, 0.05) is 47.6 Å². The van der Waals surface area contributed by atoms with Crippen LogP contribution in [0.15, 0.2) is 167 Å². The van der Waals surface area contributed by atoms with Gasteiger partial charge in [-0.2, -0.15) is 0 Å². The molecule has 11 rings (SSSR count). The van der Waals surface area contributed by atoms with E-state index in [2.05, 4.69) is 72.8 Å². The van der Waals surface area contributed by atoms with E-state index in [0.29, 0.717) is 23.4 Å². The Morgan fingerprint density at radius 3 is 1.96 bits per heavy atom. The SMILES string of the molecule is c1ccc(-c2nc(-c3cccc(-c4cccc5c4sc4ccc(-c6nc7ccccc7o6)cc45)c3)nc(-c3cccc4c3oc3ccccc34)n2)cc1. The molecule has 0 saturated carbocycles. The van der Waals surface area contributed by atoms with Crippen molar-refractivity contribution in [3.05, 3.63) is 158 Å². The standard InChI is InChI=1S/C46H26N4O2S/c1-2-11-27(12-3-1)43-48-44(50-45(49-43)35-19-10-17-33-32-15-4-6-21-38(32)51-41(33)35)29-14-8-13-28(25-29)31-16-9-18-34-36-26-30(23-24-40(36)53-42(31)34)46-47-37-20-5-7-22-39(37)52-46/h1-26H. The third-order valence-electron chi connectivity index (χ3n) is 9.78. The van der Waals surface area contributed by atoms with Gasteiger partial charge < -0.3 is 8.83 Å². The van der Waals surface area contributed by atoms with Gasteiger partial charge in [-0.05, 0) is 59.7 Å². The largest absolute Gasteiger partial charge is 0.455 e. The number of benzene rings is 7. The number of thiophene rings is 1. The van der Waals surface area contributed by atoms with Crippen LogP contribution < -0.4 is 0 Å². The van der Waals surface area contributed by atoms with Gasteiger partial charge in [-0.15, -0.1) is 11.3 Å². The van der Waals surface area contributed by atoms with Gasteiger partial charge in [0.1, 0.15) is 16.7 Å². The van der Waals surface area contributed by atoms with Crippen molar-refractivity contribution in [2.24, 2.45) is 0 Å². The fourth-order valence-electron chi connectivity index (χ4n) is 7.25. The lowest BCUT2D eigenvalue weighted by Gasteiger charge is -2.10. The predicted octanol–water partition coefficient (Wildman–Crippen LogP) is 12.6. The summed E-state index contributed by atoms with van der Waals surface area (Å²) < 4.78 is 15.0. The topological polar surface area (TPSA) is 77.8 Å². The van der Waals surface area contributed by atoms with E-state index in [1.807, 2.05) is 84.9 Å². The Kier molecular flexibility index (Phi) is 6.62. The molecule has 0 spiro atoms. The van der Waals surface area contributed by atoms with Crippen LogP contribution in [-0.4, -0.2) is 19.9 Å². The van der Waals surface area contributed by atoms with Gasteiger partial charge in [-0.3, -0.25) is 0 Å². The summed E-state index contributed by atoms with van der Waals surface area (Å²) in [5, 5.41) is 4.46. The lowest BCUT2D eigenvalue weighted by atomic mass is 10.00. The van der Waals surface area contributed by atoms with E-state index in [1.54, 1.807) is 11.3 Å². The molecule has 0 aliphatic heterocycles. The highest BCUT2D eigenvalue weighted by atomic mass is 32.1. The molecule has 0 bridgehead atoms. The molecule has 0 unspecified atom stereocenters. The van der Waals surface area contributed by atoms with E-state index in [1.165, 1.54) is 20.2 Å². The van der Waals surface area contributed by atoms with Crippen LogP contribution in [0.25, 0.3) is 110 Å². The minimum absolute atomic E-state index is 0.560. The van der Waals surface area contributed by atoms with Crippen molar-refractivity contribution in [1.29, 1.82) is 0 Å². The summed E-state index contributed by atoms with van der Waals surface area (Å²) in [5.41, 5.74) is 9.06. The molecule has 0 atom stereocenters. The second-order valence-corrected chi connectivity index (χ2v) is 14.1. The first kappa shape index (κ1) is 29.7. The Hall–Kier alpha value is -6.96. The van der Waals surface area contributed by atoms with Crippen LogP contribution in [0.4, 0.5) is 0 Å². The zero-order valence-corrected chi connectivity index (χ0v) is 28.8. The minimum Gasteiger partial charge on any atom is -0.455 e. The number of para-hydroxylation sites is 4. The van der Waals surface area contributed by atoms with Crippen molar-refractivity contribution in [2.45, 2.75) is 0 Å². The second kappa shape index (κ2) is 11.8. The molecule has 0 fully saturated rings. The molecule has 0 aliphatic carbocycles. The Morgan fingerprint density at radius 1 is 0.396 bits per heavy atom. The van der Waals surface area contributed by atoms with Gasteiger partial charge in [0.2, 0.25) is 5.89 Å². The van der Waals surface area contributed by atoms with Crippen molar-refractivity contribution in [1.82, 2.24) is 19.9 Å². The Balaban J connectivity index is 1.05. The number of hydrogen-bond donors (Lipinski definition) is 0. The first-order valence-corrected chi connectivity index (χ1v) is 18.2. The van der Waals surface area contributed by atoms with Gasteiger partial charge in [0.05, 0.1) is 5.56 Å². The highest BCUT2D eigenvalue weighted by Gasteiger charge is 2.19. The molecule has 0 saturated heterocycles. The molecule has 0 radical (unpaired) electrons. The molecule has 7 heteroatoms. The maximum Gasteiger partial charge on any atom is 0.227 e. The number of hydrogen-bond acceptors (Lipinski definition) is 7. The van der Waals surface area contributed by atoms with Crippen molar-refractivity contribution in [3.63, 3.8) is 0 Å². The molecule has 0 amide bonds. The lowest BCUT2D eigenvalue weighted by Crippen LogP contribution is -2.00. The number of furan rings is 1. The van der Waals surface area contributed by atoms with Crippen LogP contribution in [0.5, 0.6) is 0 Å². The van der Waals surface area contributed by atoms with Crippen molar-refractivity contribution < 1.29 is 8.83 Å². The van der Waals surface area contributed by atoms with E-state index in [9.17, 15) is 0 Å². The number of aromatic nitrogens is 4. The molecule has 53 heavy (non-hydrogen) atoms. The van der Waals surface area contributed by atoms with Crippen molar-refractivity contribution >= 4 is 64.5 Å². The lowest BCUT2D eigenvalue weighted by molar-refractivity contribution is 0.620. The van der Waals surface area contributed by atoms with Crippen LogP contribution in [0.3, 0.4) is 0 Å². The maximum atomic E-state index is 6.41. The predicted molar refractivity (Wildman–Crippen MR) is 215 cm³/mol. The Labute approximate surface area is 306 Å². The van der Waals surface area contributed by atoms with E-state index in [4.69, 9.17) is 28.8 Å². The first-order chi connectivity index (χ1) is 26.2. The second-order valence-electron chi connectivity index (χ2n) is 13.0. The number of nitrogens with zero attached hydrogens (tertiary/aromatic N) is 4. The smallest absolute Gasteiger partial charge is 0.227 e. The molecular weight excluding hydrogens is 673 g/mol. The Morgan fingerprint density at radius 2 is 1.08 bits per heavy atom.